The van der Waals surface area contributed by atoms with Crippen molar-refractivity contribution in [3.8, 4) is 0 Å². The fourth-order valence-electron chi connectivity index (χ4n) is 9.58. The predicted octanol–water partition coefficient (Wildman–Crippen LogP) is 8.87. The van der Waals surface area contributed by atoms with E-state index in [4.69, 9.17) is 0 Å². The molecule has 6 aromatic rings. The number of hydrogen-bond donors (Lipinski definition) is 0. The highest BCUT2D eigenvalue weighted by Crippen LogP contribution is 2.51. The number of allylic oxidation sites excluding steroid dienone is 8. The Morgan fingerprint density at radius 2 is 0.585 bits per heavy atom. The van der Waals surface area contributed by atoms with Gasteiger partial charge in [-0.3, -0.25) is 0 Å². The molecule has 0 N–H and O–H groups in total. The average molecular weight is 717 g/mol. The van der Waals surface area contributed by atoms with Gasteiger partial charge in [0.15, 0.2) is 0 Å². The van der Waals surface area contributed by atoms with Crippen LogP contribution >= 0.6 is 0 Å². The molecule has 53 heavy (non-hydrogen) atoms. The lowest BCUT2D eigenvalue weighted by atomic mass is 9.68. The molecule has 0 amide bonds. The second-order valence-corrected chi connectivity index (χ2v) is 22.8. The molecule has 0 aromatic heterocycles. The fourth-order valence-corrected chi connectivity index (χ4v) is 19.5. The summed E-state index contributed by atoms with van der Waals surface area (Å²) in [5.74, 6) is 0. The number of benzene rings is 6. The maximum absolute atomic E-state index is 2.49. The first kappa shape index (κ1) is 34.8. The van der Waals surface area contributed by atoms with Gasteiger partial charge in [-0.1, -0.05) is 230 Å². The molecule has 0 fully saturated rings. The molecule has 260 valence electrons. The molecule has 0 spiro atoms. The highest BCUT2D eigenvalue weighted by atomic mass is 28.3. The average Bonchev–Trinajstić information content (AvgIpc) is 4.00. The summed E-state index contributed by atoms with van der Waals surface area (Å²) < 4.78 is 0. The van der Waals surface area contributed by atoms with E-state index in [-0.39, 0.29) is 5.41 Å². The van der Waals surface area contributed by atoms with E-state index in [0.29, 0.717) is 0 Å². The highest BCUT2D eigenvalue weighted by Gasteiger charge is 2.47. The molecule has 6 aromatic carbocycles. The molecule has 0 saturated heterocycles. The molecule has 0 unspecified atom stereocenters. The SMILES string of the molecule is C1=CCC(C(CC[Si](c2ccccc2)(c2ccccc2)c2ccccc2)(CC[Si](c2ccccc2)(c2ccccc2)c2ccccc2)C2=CC=CC2)=C1. The zero-order valence-electron chi connectivity index (χ0n) is 30.5. The first-order valence-corrected chi connectivity index (χ1v) is 23.7. The fraction of sp³-hybridized carbons (Fsp3) is 0.137. The van der Waals surface area contributed by atoms with E-state index in [1.165, 1.54) is 31.1 Å². The molecule has 8 rings (SSSR count). The van der Waals surface area contributed by atoms with Crippen molar-refractivity contribution in [2.75, 3.05) is 0 Å². The third kappa shape index (κ3) is 6.63. The van der Waals surface area contributed by atoms with Gasteiger partial charge >= 0.3 is 0 Å². The van der Waals surface area contributed by atoms with Crippen LogP contribution < -0.4 is 31.1 Å². The summed E-state index contributed by atoms with van der Waals surface area (Å²) in [7, 11) is -4.97. The minimum Gasteiger partial charge on any atom is -0.0804 e. The normalized spacial score (nSPS) is 14.3. The Balaban J connectivity index is 1.31. The van der Waals surface area contributed by atoms with Crippen molar-refractivity contribution in [3.05, 3.63) is 230 Å². The molecule has 0 saturated carbocycles. The van der Waals surface area contributed by atoms with E-state index in [9.17, 15) is 0 Å². The summed E-state index contributed by atoms with van der Waals surface area (Å²) in [6, 6.07) is 71.3. The highest BCUT2D eigenvalue weighted by molar-refractivity contribution is 7.12. The third-order valence-electron chi connectivity index (χ3n) is 12.2. The summed E-state index contributed by atoms with van der Waals surface area (Å²) in [5, 5.41) is 8.94. The molecule has 0 nitrogen and oxygen atoms in total. The van der Waals surface area contributed by atoms with Crippen molar-refractivity contribution in [3.63, 3.8) is 0 Å². The van der Waals surface area contributed by atoms with Gasteiger partial charge in [0.05, 0.1) is 0 Å². The first-order chi connectivity index (χ1) is 26.3. The Morgan fingerprint density at radius 3 is 0.792 bits per heavy atom. The topological polar surface area (TPSA) is 0 Å². The maximum Gasteiger partial charge on any atom is 0.148 e. The Bertz CT molecular complexity index is 1850. The van der Waals surface area contributed by atoms with Crippen LogP contribution in [0.2, 0.25) is 12.1 Å². The molecule has 2 heteroatoms. The number of rotatable bonds is 14. The largest absolute Gasteiger partial charge is 0.148 e. The summed E-state index contributed by atoms with van der Waals surface area (Å²) in [6.07, 6.45) is 18.6. The van der Waals surface area contributed by atoms with Crippen molar-refractivity contribution in [2.24, 2.45) is 5.41 Å². The smallest absolute Gasteiger partial charge is 0.0804 e. The molecule has 2 aliphatic carbocycles. The molecule has 0 bridgehead atoms. The van der Waals surface area contributed by atoms with E-state index in [2.05, 4.69) is 218 Å². The van der Waals surface area contributed by atoms with E-state index >= 15 is 0 Å². The zero-order valence-corrected chi connectivity index (χ0v) is 32.5. The Hall–Kier alpha value is -5.29. The Labute approximate surface area is 318 Å². The quantitative estimate of drug-likeness (QED) is 0.0781. The molecule has 0 aliphatic heterocycles. The van der Waals surface area contributed by atoms with Crippen molar-refractivity contribution >= 4 is 47.3 Å². The van der Waals surface area contributed by atoms with Crippen LogP contribution in [0.5, 0.6) is 0 Å². The Morgan fingerprint density at radius 1 is 0.340 bits per heavy atom. The van der Waals surface area contributed by atoms with E-state index < -0.39 is 16.1 Å². The van der Waals surface area contributed by atoms with E-state index in [0.717, 1.165) is 37.8 Å². The zero-order chi connectivity index (χ0) is 35.8. The van der Waals surface area contributed by atoms with Gasteiger partial charge in [-0.05, 0) is 68.9 Å². The van der Waals surface area contributed by atoms with Crippen molar-refractivity contribution in [1.29, 1.82) is 0 Å². The minimum absolute atomic E-state index is 0.0832. The van der Waals surface area contributed by atoms with Gasteiger partial charge in [-0.25, -0.2) is 0 Å². The molecule has 0 atom stereocenters. The maximum atomic E-state index is 2.48. The van der Waals surface area contributed by atoms with Gasteiger partial charge in [0.1, 0.15) is 16.1 Å². The second kappa shape index (κ2) is 15.8. The first-order valence-electron chi connectivity index (χ1n) is 19.3. The lowest BCUT2D eigenvalue weighted by Gasteiger charge is -2.44. The van der Waals surface area contributed by atoms with Crippen LogP contribution in [0.15, 0.2) is 230 Å². The molecular weight excluding hydrogens is 669 g/mol. The van der Waals surface area contributed by atoms with Gasteiger partial charge < -0.3 is 0 Å². The predicted molar refractivity (Wildman–Crippen MR) is 233 cm³/mol. The van der Waals surface area contributed by atoms with Crippen LogP contribution in [0.3, 0.4) is 0 Å². The lowest BCUT2D eigenvalue weighted by Crippen LogP contribution is -2.68. The van der Waals surface area contributed by atoms with Gasteiger partial charge in [-0.2, -0.15) is 0 Å². The standard InChI is InChI=1S/C51H48Si2/c1-7-27-45(28-8-1)52(46-29-9-2-10-30-46,47-31-11-3-12-32-47)41-39-51(43-23-19-20-24-43,44-25-21-22-26-44)40-42-53(48-33-13-4-14-34-48,49-35-15-5-16-36-49)50-37-17-6-18-38-50/h1-23,25,27-38H,24,26,39-42H2. The van der Waals surface area contributed by atoms with Crippen molar-refractivity contribution in [1.82, 2.24) is 0 Å². The molecule has 0 radical (unpaired) electrons. The monoisotopic (exact) mass is 716 g/mol. The van der Waals surface area contributed by atoms with Gasteiger partial charge in [0, 0.05) is 5.41 Å². The lowest BCUT2D eigenvalue weighted by molar-refractivity contribution is 0.385. The van der Waals surface area contributed by atoms with Crippen molar-refractivity contribution < 1.29 is 0 Å². The molecule has 2 aliphatic rings. The third-order valence-corrected chi connectivity index (χ3v) is 22.1. The summed E-state index contributed by atoms with van der Waals surface area (Å²) in [4.78, 5) is 0. The Kier molecular flexibility index (Phi) is 10.3. The van der Waals surface area contributed by atoms with Gasteiger partial charge in [0.25, 0.3) is 0 Å². The number of hydrogen-bond acceptors (Lipinski definition) is 0. The van der Waals surface area contributed by atoms with Crippen molar-refractivity contribution in [2.45, 2.75) is 37.8 Å². The van der Waals surface area contributed by atoms with Gasteiger partial charge in [0.2, 0.25) is 0 Å². The summed E-state index contributed by atoms with van der Waals surface area (Å²) in [5.41, 5.74) is 3.09. The molecular formula is C51H48Si2. The molecule has 0 heterocycles. The van der Waals surface area contributed by atoms with Gasteiger partial charge in [-0.15, -0.1) is 0 Å². The minimum atomic E-state index is -2.49. The summed E-state index contributed by atoms with van der Waals surface area (Å²) >= 11 is 0. The van der Waals surface area contributed by atoms with Crippen LogP contribution in [-0.2, 0) is 0 Å². The summed E-state index contributed by atoms with van der Waals surface area (Å²) in [6.45, 7) is 0. The van der Waals surface area contributed by atoms with E-state index in [1.54, 1.807) is 11.1 Å². The van der Waals surface area contributed by atoms with Crippen LogP contribution in [0.4, 0.5) is 0 Å². The van der Waals surface area contributed by atoms with Crippen LogP contribution in [0.1, 0.15) is 25.7 Å². The van der Waals surface area contributed by atoms with Crippen LogP contribution in [0.25, 0.3) is 0 Å². The van der Waals surface area contributed by atoms with E-state index in [1.807, 2.05) is 0 Å². The van der Waals surface area contributed by atoms with Crippen LogP contribution in [0, 0.1) is 5.41 Å². The van der Waals surface area contributed by atoms with Crippen LogP contribution in [-0.4, -0.2) is 16.1 Å². The second-order valence-electron chi connectivity index (χ2n) is 14.7.